The highest BCUT2D eigenvalue weighted by molar-refractivity contribution is 7.89. The van der Waals surface area contributed by atoms with Crippen LogP contribution in [0.2, 0.25) is 0 Å². The van der Waals surface area contributed by atoms with Gasteiger partial charge in [-0.1, -0.05) is 13.0 Å². The maximum absolute atomic E-state index is 14.7. The molecule has 186 valence electrons. The summed E-state index contributed by atoms with van der Waals surface area (Å²) in [6, 6.07) is 9.52. The number of hydrogen-bond donors (Lipinski definition) is 2. The molecule has 2 aromatic heterocycles. The van der Waals surface area contributed by atoms with Gasteiger partial charge in [-0.2, -0.15) is 0 Å². The number of carbonyl (C=O) groups excluding carboxylic acids is 1. The molecule has 5 rings (SSSR count). The highest BCUT2D eigenvalue weighted by Crippen LogP contribution is 2.46. The smallest absolute Gasteiger partial charge is 0.282 e. The minimum atomic E-state index is -4.01. The molecule has 2 aromatic carbocycles. The third kappa shape index (κ3) is 4.05. The first-order valence-electron chi connectivity index (χ1n) is 11.0. The topological polar surface area (TPSA) is 110 Å². The van der Waals surface area contributed by atoms with Crippen molar-refractivity contribution in [2.75, 3.05) is 12.9 Å². The fourth-order valence-corrected chi connectivity index (χ4v) is 5.04. The molecular formula is C25H21F2N3O5S. The lowest BCUT2D eigenvalue weighted by Gasteiger charge is -2.13. The Morgan fingerprint density at radius 3 is 2.72 bits per heavy atom. The van der Waals surface area contributed by atoms with Gasteiger partial charge in [0.15, 0.2) is 0 Å². The van der Waals surface area contributed by atoms with Crippen LogP contribution in [0.3, 0.4) is 0 Å². The number of carbonyl (C=O) groups is 1. The molecule has 0 saturated heterocycles. The van der Waals surface area contributed by atoms with E-state index in [-0.39, 0.29) is 34.8 Å². The fourth-order valence-electron chi connectivity index (χ4n) is 4.60. The minimum Gasteiger partial charge on any atom is -0.492 e. The molecule has 2 N–H and O–H groups in total. The average molecular weight is 514 g/mol. The number of nitrogens with zero attached hydrogens (tertiary/aromatic N) is 1. The number of halogens is 2. The van der Waals surface area contributed by atoms with Crippen LogP contribution >= 0.6 is 0 Å². The lowest BCUT2D eigenvalue weighted by molar-refractivity contribution is 0.0974. The highest BCUT2D eigenvalue weighted by atomic mass is 32.2. The number of aromatic amines is 1. The molecule has 36 heavy (non-hydrogen) atoms. The van der Waals surface area contributed by atoms with Crippen LogP contribution in [0.15, 0.2) is 53.5 Å². The number of nitrogens with one attached hydrogen (secondary N) is 2. The zero-order valence-corrected chi connectivity index (χ0v) is 20.1. The molecule has 11 heteroatoms. The predicted molar refractivity (Wildman–Crippen MR) is 130 cm³/mol. The van der Waals surface area contributed by atoms with Gasteiger partial charge in [0.05, 0.1) is 35.9 Å². The summed E-state index contributed by atoms with van der Waals surface area (Å²) in [5.74, 6) is -1.93. The first-order valence-corrected chi connectivity index (χ1v) is 12.9. The van der Waals surface area contributed by atoms with Crippen molar-refractivity contribution < 1.29 is 26.7 Å². The van der Waals surface area contributed by atoms with Crippen LogP contribution in [0.25, 0.3) is 22.0 Å². The van der Waals surface area contributed by atoms with Gasteiger partial charge in [0.25, 0.3) is 11.5 Å². The number of H-pyrrole nitrogens is 1. The second-order valence-corrected chi connectivity index (χ2v) is 10.5. The lowest BCUT2D eigenvalue weighted by Crippen LogP contribution is -2.32. The maximum atomic E-state index is 14.7. The van der Waals surface area contributed by atoms with Crippen molar-refractivity contribution in [3.63, 3.8) is 0 Å². The number of fused-ring (bicyclic) bond motifs is 3. The molecule has 8 nitrogen and oxygen atoms in total. The highest BCUT2D eigenvalue weighted by Gasteiger charge is 2.33. The summed E-state index contributed by atoms with van der Waals surface area (Å²) in [6.45, 7) is 2.02. The van der Waals surface area contributed by atoms with Gasteiger partial charge < -0.3 is 14.3 Å². The third-order valence-corrected chi connectivity index (χ3v) is 6.70. The Balaban J connectivity index is 1.92. The van der Waals surface area contributed by atoms with Gasteiger partial charge in [0, 0.05) is 28.8 Å². The van der Waals surface area contributed by atoms with Gasteiger partial charge in [0.2, 0.25) is 10.0 Å². The molecule has 0 unspecified atom stereocenters. The van der Waals surface area contributed by atoms with Gasteiger partial charge in [0.1, 0.15) is 23.1 Å². The van der Waals surface area contributed by atoms with Crippen LogP contribution in [0.4, 0.5) is 8.78 Å². The second-order valence-electron chi connectivity index (χ2n) is 8.75. The number of amides is 1. The van der Waals surface area contributed by atoms with E-state index in [0.29, 0.717) is 23.3 Å². The molecule has 4 aromatic rings. The molecular weight excluding hydrogens is 492 g/mol. The Hall–Kier alpha value is -3.99. The summed E-state index contributed by atoms with van der Waals surface area (Å²) in [7, 11) is -4.01. The Morgan fingerprint density at radius 1 is 1.22 bits per heavy atom. The van der Waals surface area contributed by atoms with Crippen LogP contribution in [0.1, 0.15) is 34.5 Å². The van der Waals surface area contributed by atoms with Crippen LogP contribution < -0.4 is 15.0 Å². The average Bonchev–Trinajstić information content (AvgIpc) is 3.33. The van der Waals surface area contributed by atoms with E-state index in [1.807, 2.05) is 17.7 Å². The van der Waals surface area contributed by atoms with Crippen molar-refractivity contribution in [3.8, 4) is 16.9 Å². The zero-order chi connectivity index (χ0) is 25.8. The standard InChI is InChI=1S/C25H21F2N3O5S/c1-13-12-35-23-16(13)6-8-19-21(23)20(17-4-3-9-28-24(17)31)22(25(32)29-36(2,33)34)30(19)11-14-10-15(26)5-7-18(14)27/h3-10,13H,11-12H2,1-2H3,(H,28,31)(H,29,32)/t13-/m1/s1. The maximum Gasteiger partial charge on any atom is 0.282 e. The zero-order valence-electron chi connectivity index (χ0n) is 19.3. The van der Waals surface area contributed by atoms with Crippen LogP contribution in [0, 0.1) is 11.6 Å². The molecule has 1 amide bonds. The number of hydrogen-bond acceptors (Lipinski definition) is 5. The Kier molecular flexibility index (Phi) is 5.67. The van der Waals surface area contributed by atoms with Crippen LogP contribution in [0.5, 0.6) is 5.75 Å². The van der Waals surface area contributed by atoms with Crippen molar-refractivity contribution in [2.24, 2.45) is 0 Å². The van der Waals surface area contributed by atoms with E-state index in [0.717, 1.165) is 30.0 Å². The Morgan fingerprint density at radius 2 is 2.00 bits per heavy atom. The van der Waals surface area contributed by atoms with E-state index in [4.69, 9.17) is 4.74 Å². The molecule has 0 fully saturated rings. The molecule has 0 saturated carbocycles. The second kappa shape index (κ2) is 8.59. The van der Waals surface area contributed by atoms with Gasteiger partial charge in [-0.05, 0) is 36.4 Å². The lowest BCUT2D eigenvalue weighted by atomic mass is 9.97. The van der Waals surface area contributed by atoms with Crippen molar-refractivity contribution >= 4 is 26.8 Å². The molecule has 1 aliphatic heterocycles. The molecule has 1 atom stereocenters. The number of rotatable bonds is 5. The monoisotopic (exact) mass is 513 g/mol. The largest absolute Gasteiger partial charge is 0.492 e. The van der Waals surface area contributed by atoms with E-state index >= 15 is 0 Å². The number of pyridine rings is 1. The summed E-state index contributed by atoms with van der Waals surface area (Å²) >= 11 is 0. The van der Waals surface area contributed by atoms with Gasteiger partial charge >= 0.3 is 0 Å². The van der Waals surface area contributed by atoms with E-state index in [1.165, 1.54) is 16.8 Å². The first kappa shape index (κ1) is 23.7. The molecule has 0 aliphatic carbocycles. The van der Waals surface area contributed by atoms with Gasteiger partial charge in [-0.25, -0.2) is 21.9 Å². The van der Waals surface area contributed by atoms with Crippen LogP contribution in [-0.2, 0) is 16.6 Å². The normalized spacial score (nSPS) is 15.1. The van der Waals surface area contributed by atoms with E-state index in [9.17, 15) is 26.8 Å². The summed E-state index contributed by atoms with van der Waals surface area (Å²) in [4.78, 5) is 28.9. The quantitative estimate of drug-likeness (QED) is 0.425. The van der Waals surface area contributed by atoms with Crippen molar-refractivity contribution in [1.82, 2.24) is 14.3 Å². The van der Waals surface area contributed by atoms with E-state index < -0.39 is 33.1 Å². The van der Waals surface area contributed by atoms with Crippen molar-refractivity contribution in [3.05, 3.63) is 87.5 Å². The minimum absolute atomic E-state index is 0.0311. The number of benzene rings is 2. The molecule has 0 spiro atoms. The third-order valence-electron chi connectivity index (χ3n) is 6.14. The van der Waals surface area contributed by atoms with Gasteiger partial charge in [-0.15, -0.1) is 0 Å². The Labute approximate surface area is 204 Å². The van der Waals surface area contributed by atoms with Crippen LogP contribution in [-0.4, -0.2) is 36.7 Å². The molecule has 0 bridgehead atoms. The number of ether oxygens (including phenoxy) is 1. The SMILES string of the molecule is C[C@@H]1COc2c1ccc1c2c(-c2ccc[nH]c2=O)c(C(=O)NS(C)(=O)=O)n1Cc1cc(F)ccc1F. The number of sulfonamides is 1. The first-order chi connectivity index (χ1) is 17.0. The van der Waals surface area contributed by atoms with E-state index in [2.05, 4.69) is 4.98 Å². The van der Waals surface area contributed by atoms with Gasteiger partial charge in [-0.3, -0.25) is 9.59 Å². The Bertz CT molecular complexity index is 1710. The predicted octanol–water partition coefficient (Wildman–Crippen LogP) is 3.51. The summed E-state index contributed by atoms with van der Waals surface area (Å²) in [6.07, 6.45) is 2.24. The number of aromatic nitrogens is 2. The summed E-state index contributed by atoms with van der Waals surface area (Å²) < 4.78 is 61.9. The summed E-state index contributed by atoms with van der Waals surface area (Å²) in [5, 5.41) is 0.406. The van der Waals surface area contributed by atoms with Crippen molar-refractivity contribution in [1.29, 1.82) is 0 Å². The van der Waals surface area contributed by atoms with Crippen molar-refractivity contribution in [2.45, 2.75) is 19.4 Å². The van der Waals surface area contributed by atoms with E-state index in [1.54, 1.807) is 12.1 Å². The molecule has 0 radical (unpaired) electrons. The molecule has 3 heterocycles. The molecule has 1 aliphatic rings. The summed E-state index contributed by atoms with van der Waals surface area (Å²) in [5.41, 5.74) is 0.678. The fraction of sp³-hybridized carbons (Fsp3) is 0.200.